The fourth-order valence-electron chi connectivity index (χ4n) is 3.03. The summed E-state index contributed by atoms with van der Waals surface area (Å²) in [5.41, 5.74) is 1.43. The van der Waals surface area contributed by atoms with Crippen molar-refractivity contribution in [2.45, 2.75) is 31.8 Å². The van der Waals surface area contributed by atoms with E-state index >= 15 is 0 Å². The molecule has 3 nitrogen and oxygen atoms in total. The molecule has 1 unspecified atom stereocenters. The van der Waals surface area contributed by atoms with Crippen molar-refractivity contribution in [2.75, 3.05) is 19.6 Å². The number of hydrogen-bond donors (Lipinski definition) is 1. The van der Waals surface area contributed by atoms with Crippen molar-refractivity contribution in [3.63, 3.8) is 0 Å². The highest BCUT2D eigenvalue weighted by Gasteiger charge is 2.34. The third-order valence-corrected chi connectivity index (χ3v) is 5.41. The monoisotopic (exact) mass is 301 g/mol. The minimum Gasteiger partial charge on any atom is -0.311 e. The summed E-state index contributed by atoms with van der Waals surface area (Å²) in [6, 6.07) is 11.3. The van der Waals surface area contributed by atoms with Crippen LogP contribution in [0.3, 0.4) is 0 Å². The molecule has 0 amide bonds. The lowest BCUT2D eigenvalue weighted by molar-refractivity contribution is 0.0805. The van der Waals surface area contributed by atoms with Crippen molar-refractivity contribution >= 4 is 11.3 Å². The molecule has 2 heterocycles. The van der Waals surface area contributed by atoms with E-state index < -0.39 is 0 Å². The molecule has 2 aromatic rings. The molecule has 0 spiro atoms. The minimum absolute atomic E-state index is 0.0191. The Morgan fingerprint density at radius 1 is 1.33 bits per heavy atom. The zero-order valence-electron chi connectivity index (χ0n) is 12.7. The van der Waals surface area contributed by atoms with Crippen molar-refractivity contribution in [1.29, 1.82) is 0 Å². The standard InChI is InChI=1S/C17H23N3S/c1-17(2,16-19-9-11-21-16)20-10-8-18-15(13-20)12-14-6-4-3-5-7-14/h3-7,9,11,15,18H,8,10,12-13H2,1-2H3. The normalized spacial score (nSPS) is 20.6. The molecule has 1 aromatic heterocycles. The Morgan fingerprint density at radius 2 is 2.14 bits per heavy atom. The summed E-state index contributed by atoms with van der Waals surface area (Å²) in [5.74, 6) is 0. The van der Waals surface area contributed by atoms with Crippen LogP contribution in [0.15, 0.2) is 41.9 Å². The maximum atomic E-state index is 4.53. The summed E-state index contributed by atoms with van der Waals surface area (Å²) in [5, 5.41) is 6.94. The van der Waals surface area contributed by atoms with Crippen molar-refractivity contribution < 1.29 is 0 Å². The van der Waals surface area contributed by atoms with Crippen molar-refractivity contribution in [3.8, 4) is 0 Å². The third-order valence-electron chi connectivity index (χ3n) is 4.33. The molecule has 1 fully saturated rings. The fraction of sp³-hybridized carbons (Fsp3) is 0.471. The number of nitrogens with one attached hydrogen (secondary N) is 1. The molecular weight excluding hydrogens is 278 g/mol. The van der Waals surface area contributed by atoms with E-state index in [0.29, 0.717) is 6.04 Å². The Hall–Kier alpha value is -1.23. The molecule has 0 saturated carbocycles. The topological polar surface area (TPSA) is 28.2 Å². The number of benzene rings is 1. The predicted molar refractivity (Wildman–Crippen MR) is 88.6 cm³/mol. The molecule has 1 atom stereocenters. The van der Waals surface area contributed by atoms with Gasteiger partial charge in [-0.05, 0) is 25.8 Å². The highest BCUT2D eigenvalue weighted by molar-refractivity contribution is 7.09. The summed E-state index contributed by atoms with van der Waals surface area (Å²) < 4.78 is 0. The number of hydrogen-bond acceptors (Lipinski definition) is 4. The van der Waals surface area contributed by atoms with Crippen LogP contribution in [0.4, 0.5) is 0 Å². The second kappa shape index (κ2) is 6.26. The van der Waals surface area contributed by atoms with Gasteiger partial charge in [-0.2, -0.15) is 0 Å². The number of piperazine rings is 1. The highest BCUT2D eigenvalue weighted by atomic mass is 32.1. The number of rotatable bonds is 4. The van der Waals surface area contributed by atoms with Gasteiger partial charge in [-0.25, -0.2) is 4.98 Å². The van der Waals surface area contributed by atoms with Crippen LogP contribution in [0.25, 0.3) is 0 Å². The maximum absolute atomic E-state index is 4.53. The quantitative estimate of drug-likeness (QED) is 0.941. The SMILES string of the molecule is CC(C)(c1nccs1)N1CCNC(Cc2ccccc2)C1. The van der Waals surface area contributed by atoms with Gasteiger partial charge in [0.15, 0.2) is 0 Å². The van der Waals surface area contributed by atoms with Gasteiger partial charge in [-0.15, -0.1) is 11.3 Å². The Kier molecular flexibility index (Phi) is 4.38. The average Bonchev–Trinajstić information content (AvgIpc) is 3.04. The van der Waals surface area contributed by atoms with Crippen molar-refractivity contribution in [2.24, 2.45) is 0 Å². The highest BCUT2D eigenvalue weighted by Crippen LogP contribution is 2.30. The summed E-state index contributed by atoms with van der Waals surface area (Å²) in [6.07, 6.45) is 3.00. The van der Waals surface area contributed by atoms with Gasteiger partial charge in [-0.1, -0.05) is 30.3 Å². The molecule has 0 bridgehead atoms. The van der Waals surface area contributed by atoms with E-state index in [1.54, 1.807) is 11.3 Å². The van der Waals surface area contributed by atoms with Crippen LogP contribution in [0.1, 0.15) is 24.4 Å². The van der Waals surface area contributed by atoms with E-state index in [1.165, 1.54) is 10.6 Å². The van der Waals surface area contributed by atoms with E-state index in [-0.39, 0.29) is 5.54 Å². The Labute approximate surface area is 131 Å². The smallest absolute Gasteiger partial charge is 0.112 e. The number of aromatic nitrogens is 1. The molecule has 21 heavy (non-hydrogen) atoms. The lowest BCUT2D eigenvalue weighted by Gasteiger charge is -2.43. The molecular formula is C17H23N3S. The Balaban J connectivity index is 1.68. The summed E-state index contributed by atoms with van der Waals surface area (Å²) in [6.45, 7) is 7.78. The molecule has 112 valence electrons. The minimum atomic E-state index is 0.0191. The van der Waals surface area contributed by atoms with Crippen molar-refractivity contribution in [3.05, 3.63) is 52.5 Å². The lowest BCUT2D eigenvalue weighted by atomic mass is 9.98. The summed E-state index contributed by atoms with van der Waals surface area (Å²) >= 11 is 1.76. The summed E-state index contributed by atoms with van der Waals surface area (Å²) in [4.78, 5) is 7.09. The first kappa shape index (κ1) is 14.7. The molecule has 1 aliphatic rings. The molecule has 1 N–H and O–H groups in total. The van der Waals surface area contributed by atoms with Gasteiger partial charge < -0.3 is 5.32 Å². The van der Waals surface area contributed by atoms with Crippen molar-refractivity contribution in [1.82, 2.24) is 15.2 Å². The first-order valence-electron chi connectivity index (χ1n) is 7.58. The Morgan fingerprint density at radius 3 is 2.86 bits per heavy atom. The molecule has 4 heteroatoms. The largest absolute Gasteiger partial charge is 0.311 e. The van der Waals surface area contributed by atoms with Gasteiger partial charge >= 0.3 is 0 Å². The van der Waals surface area contributed by atoms with Gasteiger partial charge in [-0.3, -0.25) is 4.90 Å². The van der Waals surface area contributed by atoms with E-state index in [4.69, 9.17) is 0 Å². The second-order valence-electron chi connectivity index (χ2n) is 6.18. The zero-order valence-corrected chi connectivity index (χ0v) is 13.6. The molecule has 1 aliphatic heterocycles. The van der Waals surface area contributed by atoms with E-state index in [9.17, 15) is 0 Å². The van der Waals surface area contributed by atoms with Crippen LogP contribution in [-0.2, 0) is 12.0 Å². The average molecular weight is 301 g/mol. The third kappa shape index (κ3) is 3.34. The van der Waals surface area contributed by atoms with Crippen LogP contribution in [0.5, 0.6) is 0 Å². The zero-order chi connectivity index (χ0) is 14.7. The van der Waals surface area contributed by atoms with Gasteiger partial charge in [0.1, 0.15) is 5.01 Å². The van der Waals surface area contributed by atoms with Crippen LogP contribution in [-0.4, -0.2) is 35.6 Å². The van der Waals surface area contributed by atoms with E-state index in [0.717, 1.165) is 26.1 Å². The van der Waals surface area contributed by atoms with Crippen LogP contribution in [0, 0.1) is 0 Å². The van der Waals surface area contributed by atoms with Gasteiger partial charge in [0, 0.05) is 37.3 Å². The van der Waals surface area contributed by atoms with Crippen LogP contribution < -0.4 is 5.32 Å². The van der Waals surface area contributed by atoms with Crippen LogP contribution >= 0.6 is 11.3 Å². The van der Waals surface area contributed by atoms with Crippen LogP contribution in [0.2, 0.25) is 0 Å². The maximum Gasteiger partial charge on any atom is 0.112 e. The molecule has 1 saturated heterocycles. The molecule has 0 aliphatic carbocycles. The first-order valence-corrected chi connectivity index (χ1v) is 8.46. The molecule has 1 aromatic carbocycles. The lowest BCUT2D eigenvalue weighted by Crippen LogP contribution is -2.57. The van der Waals surface area contributed by atoms with Gasteiger partial charge in [0.05, 0.1) is 5.54 Å². The number of nitrogens with zero attached hydrogens (tertiary/aromatic N) is 2. The van der Waals surface area contributed by atoms with Gasteiger partial charge in [0.2, 0.25) is 0 Å². The fourth-order valence-corrected chi connectivity index (χ4v) is 3.82. The van der Waals surface area contributed by atoms with Gasteiger partial charge in [0.25, 0.3) is 0 Å². The molecule has 3 rings (SSSR count). The molecule has 0 radical (unpaired) electrons. The van der Waals surface area contributed by atoms with E-state index in [2.05, 4.69) is 64.8 Å². The second-order valence-corrected chi connectivity index (χ2v) is 7.08. The first-order chi connectivity index (χ1) is 10.2. The van der Waals surface area contributed by atoms with E-state index in [1.807, 2.05) is 6.20 Å². The predicted octanol–water partition coefficient (Wildman–Crippen LogP) is 2.89. The Bertz CT molecular complexity index is 551. The number of thiazole rings is 1. The summed E-state index contributed by atoms with van der Waals surface area (Å²) in [7, 11) is 0.